The summed E-state index contributed by atoms with van der Waals surface area (Å²) >= 11 is 0. The number of esters is 2. The van der Waals surface area contributed by atoms with Crippen LogP contribution >= 0.6 is 0 Å². The number of carbonyl (C=O) groups excluding carboxylic acids is 5. The smallest absolute Gasteiger partial charge is 0.307 e. The van der Waals surface area contributed by atoms with Crippen LogP contribution in [-0.4, -0.2) is 112 Å². The molecular formula is C55H76O14. The second kappa shape index (κ2) is 30.1. The second-order valence-electron chi connectivity index (χ2n) is 18.7. The molecule has 0 radical (unpaired) electrons. The summed E-state index contributed by atoms with van der Waals surface area (Å²) in [5, 5.41) is 46.6. The molecule has 6 atom stereocenters. The van der Waals surface area contributed by atoms with E-state index in [4.69, 9.17) is 19.3 Å². The van der Waals surface area contributed by atoms with Gasteiger partial charge in [-0.25, -0.2) is 0 Å². The number of carboxylic acid groups (broad SMARTS) is 1. The van der Waals surface area contributed by atoms with Gasteiger partial charge in [-0.2, -0.15) is 0 Å². The predicted molar refractivity (Wildman–Crippen MR) is 266 cm³/mol. The number of allylic oxidation sites excluding steroid dienone is 20. The number of aliphatic hydroxyl groups excluding tert-OH is 4. The number of hydrogen-bond donors (Lipinski definition) is 5. The molecule has 6 unspecified atom stereocenters. The maximum Gasteiger partial charge on any atom is 0.307 e. The molecule has 0 amide bonds. The fraction of sp³-hybridized carbons (Fsp3) is 0.491. The molecule has 0 saturated heterocycles. The van der Waals surface area contributed by atoms with E-state index in [1.807, 2.05) is 127 Å². The van der Waals surface area contributed by atoms with E-state index in [1.165, 1.54) is 6.92 Å². The van der Waals surface area contributed by atoms with Gasteiger partial charge in [-0.05, 0) is 88.0 Å². The Balaban J connectivity index is 0.00000314. The first-order valence-electron chi connectivity index (χ1n) is 23.0. The Hall–Kier alpha value is -5.64. The molecule has 0 aliphatic heterocycles. The van der Waals surface area contributed by atoms with Crippen molar-refractivity contribution in [3.63, 3.8) is 0 Å². The third-order valence-electron chi connectivity index (χ3n) is 11.5. The quantitative estimate of drug-likeness (QED) is 0.0372. The van der Waals surface area contributed by atoms with Gasteiger partial charge in [0.2, 0.25) is 0 Å². The van der Waals surface area contributed by atoms with Crippen molar-refractivity contribution in [1.29, 1.82) is 0 Å². The summed E-state index contributed by atoms with van der Waals surface area (Å²) in [7, 11) is 1.59. The highest BCUT2D eigenvalue weighted by Crippen LogP contribution is 2.42. The third kappa shape index (κ3) is 22.1. The lowest BCUT2D eigenvalue weighted by Crippen LogP contribution is -2.45. The zero-order valence-electron chi connectivity index (χ0n) is 42.5. The molecule has 69 heavy (non-hydrogen) atoms. The Morgan fingerprint density at radius 3 is 1.49 bits per heavy atom. The highest BCUT2D eigenvalue weighted by Gasteiger charge is 2.40. The summed E-state index contributed by atoms with van der Waals surface area (Å²) in [6.45, 7) is 20.5. The molecule has 0 aromatic rings. The van der Waals surface area contributed by atoms with Gasteiger partial charge in [-0.3, -0.25) is 24.0 Å². The lowest BCUT2D eigenvalue weighted by molar-refractivity contribution is -0.160. The van der Waals surface area contributed by atoms with Gasteiger partial charge in [-0.15, -0.1) is 0 Å². The van der Waals surface area contributed by atoms with Gasteiger partial charge in [0.15, 0.2) is 17.7 Å². The monoisotopic (exact) mass is 961 g/mol. The first kappa shape index (κ1) is 61.4. The minimum atomic E-state index is -1.74. The van der Waals surface area contributed by atoms with Crippen LogP contribution in [0.3, 0.4) is 0 Å². The molecular weight excluding hydrogens is 885 g/mol. The zero-order chi connectivity index (χ0) is 52.6. The van der Waals surface area contributed by atoms with Crippen LogP contribution in [0.25, 0.3) is 0 Å². The van der Waals surface area contributed by atoms with Crippen LogP contribution in [0.15, 0.2) is 130 Å². The number of hydrogen-bond acceptors (Lipinski definition) is 13. The van der Waals surface area contributed by atoms with E-state index in [1.54, 1.807) is 14.0 Å². The van der Waals surface area contributed by atoms with Gasteiger partial charge in [-0.1, -0.05) is 135 Å². The SMILES string of the molecule is COC1CC(C)(C)C(/C=C/C(C)=C/C=C/C(C)=C/C=C/C=C(C)/C=C/C=C(C)/C=C/C2=C(C)C(=O)C(OC(=O)CCC(=O)OCC(O)C(O)C(O)C(C)O)CC2(C)C)=C(C)C1=O.O=CCCC(=O)O. The Kier molecular flexibility index (Phi) is 26.7. The van der Waals surface area contributed by atoms with E-state index in [0.29, 0.717) is 18.3 Å². The van der Waals surface area contributed by atoms with E-state index in [9.17, 15) is 49.2 Å². The van der Waals surface area contributed by atoms with Crippen LogP contribution in [0.5, 0.6) is 0 Å². The Labute approximate surface area is 408 Å². The topological polar surface area (TPSA) is 231 Å². The van der Waals surface area contributed by atoms with Crippen molar-refractivity contribution in [1.82, 2.24) is 0 Å². The van der Waals surface area contributed by atoms with Gasteiger partial charge < -0.3 is 44.5 Å². The molecule has 2 aliphatic rings. The molecule has 0 heterocycles. The van der Waals surface area contributed by atoms with Crippen LogP contribution in [0, 0.1) is 10.8 Å². The molecule has 5 N–H and O–H groups in total. The Morgan fingerprint density at radius 1 is 0.652 bits per heavy atom. The molecule has 0 spiro atoms. The van der Waals surface area contributed by atoms with Gasteiger partial charge in [0, 0.05) is 20.0 Å². The fourth-order valence-corrected chi connectivity index (χ4v) is 7.32. The van der Waals surface area contributed by atoms with Crippen molar-refractivity contribution in [3.8, 4) is 0 Å². The maximum absolute atomic E-state index is 13.3. The highest BCUT2D eigenvalue weighted by atomic mass is 16.6. The molecule has 0 saturated carbocycles. The average molecular weight is 961 g/mol. The van der Waals surface area contributed by atoms with E-state index in [0.717, 1.165) is 39.0 Å². The first-order valence-corrected chi connectivity index (χ1v) is 23.0. The predicted octanol–water partition coefficient (Wildman–Crippen LogP) is 7.95. The summed E-state index contributed by atoms with van der Waals surface area (Å²) in [5.74, 6) is -2.77. The minimum Gasteiger partial charge on any atom is -0.481 e. The van der Waals surface area contributed by atoms with Gasteiger partial charge in [0.05, 0.1) is 25.4 Å². The summed E-state index contributed by atoms with van der Waals surface area (Å²) in [6.07, 6.45) is 21.2. The van der Waals surface area contributed by atoms with Crippen LogP contribution in [0.2, 0.25) is 0 Å². The Bertz CT molecular complexity index is 2160. The maximum atomic E-state index is 13.3. The number of ether oxygens (including phenoxy) is 3. The number of aliphatic carboxylic acids is 1. The molecule has 2 aliphatic carbocycles. The van der Waals surface area contributed by atoms with Crippen molar-refractivity contribution >= 4 is 35.8 Å². The summed E-state index contributed by atoms with van der Waals surface area (Å²) in [4.78, 5) is 69.6. The highest BCUT2D eigenvalue weighted by molar-refractivity contribution is 6.02. The molecule has 14 heteroatoms. The van der Waals surface area contributed by atoms with E-state index < -0.39 is 60.4 Å². The lowest BCUT2D eigenvalue weighted by atomic mass is 9.71. The molecule has 0 bridgehead atoms. The zero-order valence-corrected chi connectivity index (χ0v) is 42.5. The summed E-state index contributed by atoms with van der Waals surface area (Å²) in [5.41, 5.74) is 6.70. The Morgan fingerprint density at radius 2 is 1.07 bits per heavy atom. The number of ketones is 2. The normalized spacial score (nSPS) is 21.3. The van der Waals surface area contributed by atoms with E-state index in [-0.39, 0.29) is 55.2 Å². The largest absolute Gasteiger partial charge is 0.481 e. The molecule has 2 rings (SSSR count). The molecule has 0 aromatic heterocycles. The number of Topliss-reactive ketones (excluding diaryl/α,β-unsaturated/α-hetero) is 2. The van der Waals surface area contributed by atoms with E-state index >= 15 is 0 Å². The van der Waals surface area contributed by atoms with Crippen LogP contribution in [0.1, 0.15) is 115 Å². The van der Waals surface area contributed by atoms with Crippen molar-refractivity contribution in [2.75, 3.05) is 13.7 Å². The number of carbonyl (C=O) groups is 6. The van der Waals surface area contributed by atoms with Gasteiger partial charge >= 0.3 is 17.9 Å². The summed E-state index contributed by atoms with van der Waals surface area (Å²) < 4.78 is 15.8. The third-order valence-corrected chi connectivity index (χ3v) is 11.5. The van der Waals surface area contributed by atoms with Crippen LogP contribution in [-0.2, 0) is 43.0 Å². The van der Waals surface area contributed by atoms with Crippen LogP contribution in [0.4, 0.5) is 0 Å². The van der Waals surface area contributed by atoms with Crippen molar-refractivity contribution in [2.45, 2.75) is 151 Å². The number of methoxy groups -OCH3 is 1. The fourth-order valence-electron chi connectivity index (χ4n) is 7.32. The molecule has 0 fully saturated rings. The standard InChI is InChI=1S/C51H70O11.C4H6O3/c1-32(19-15-21-34(3)23-25-39-36(5)46(56)42(60-12)29-50(39,8)9)17-13-14-18-33(2)20-16-22-35(4)24-26-40-37(6)47(57)43(30-51(40,10)11)62-45(55)28-27-44(54)61-31-41(53)49(59)48(58)38(7)52;5-3-1-2-4(6)7/h13-26,38,41-43,48-49,52-53,58-59H,27-31H2,1-12H3;3H,1-2H2,(H,6,7)/b14-13+,19-15+,20-16+,25-23+,26-24+,32-17+,33-18+,34-21+,35-22+;. The number of rotatable bonds is 23. The number of aldehydes is 1. The summed E-state index contributed by atoms with van der Waals surface area (Å²) in [6, 6.07) is 0. The lowest BCUT2D eigenvalue weighted by Gasteiger charge is -2.36. The molecule has 0 aromatic carbocycles. The number of carboxylic acids is 1. The second-order valence-corrected chi connectivity index (χ2v) is 18.7. The van der Waals surface area contributed by atoms with Crippen molar-refractivity contribution in [3.05, 3.63) is 130 Å². The van der Waals surface area contributed by atoms with Crippen molar-refractivity contribution < 1.29 is 68.5 Å². The van der Waals surface area contributed by atoms with Crippen molar-refractivity contribution in [2.24, 2.45) is 10.8 Å². The minimum absolute atomic E-state index is 0.0521. The molecule has 14 nitrogen and oxygen atoms in total. The van der Waals surface area contributed by atoms with E-state index in [2.05, 4.69) is 19.9 Å². The number of aliphatic hydroxyl groups is 4. The first-order chi connectivity index (χ1) is 32.2. The average Bonchev–Trinajstić information content (AvgIpc) is 3.27. The molecule has 380 valence electrons. The van der Waals surface area contributed by atoms with Gasteiger partial charge in [0.1, 0.15) is 37.3 Å². The van der Waals surface area contributed by atoms with Crippen LogP contribution < -0.4 is 0 Å². The van der Waals surface area contributed by atoms with Gasteiger partial charge in [0.25, 0.3) is 0 Å².